The van der Waals surface area contributed by atoms with Crippen LogP contribution in [0.5, 0.6) is 0 Å². The van der Waals surface area contributed by atoms with Crippen LogP contribution in [0.4, 0.5) is 17.2 Å². The highest BCUT2D eigenvalue weighted by Crippen LogP contribution is 2.26. The Kier molecular flexibility index (Phi) is 3.60. The molecule has 0 spiro atoms. The van der Waals surface area contributed by atoms with Crippen LogP contribution >= 0.6 is 11.3 Å². The van der Waals surface area contributed by atoms with E-state index in [4.69, 9.17) is 0 Å². The summed E-state index contributed by atoms with van der Waals surface area (Å²) >= 11 is 1.34. The Hall–Kier alpha value is -3.77. The number of anilines is 2. The topological polar surface area (TPSA) is 113 Å². The molecule has 2 aromatic carbocycles. The van der Waals surface area contributed by atoms with E-state index >= 15 is 0 Å². The molecule has 9 heteroatoms. The molecule has 0 bridgehead atoms. The summed E-state index contributed by atoms with van der Waals surface area (Å²) in [6.07, 6.45) is 0. The van der Waals surface area contributed by atoms with Gasteiger partial charge in [0.05, 0.1) is 15.1 Å². The summed E-state index contributed by atoms with van der Waals surface area (Å²) in [5.74, 6) is 0.123. The third-order valence-corrected chi connectivity index (χ3v) is 4.83. The maximum Gasteiger partial charge on any atom is 0.279 e. The Bertz CT molecular complexity index is 1270. The summed E-state index contributed by atoms with van der Waals surface area (Å²) in [7, 11) is 0. The molecule has 0 saturated carbocycles. The van der Waals surface area contributed by atoms with Gasteiger partial charge in [0, 0.05) is 17.8 Å². The third-order valence-electron chi connectivity index (χ3n) is 3.81. The van der Waals surface area contributed by atoms with Gasteiger partial charge in [0.2, 0.25) is 0 Å². The van der Waals surface area contributed by atoms with Crippen molar-refractivity contribution >= 4 is 43.7 Å². The maximum absolute atomic E-state index is 12.8. The summed E-state index contributed by atoms with van der Waals surface area (Å²) in [5, 5.41) is 23.1. The molecule has 0 aliphatic heterocycles. The van der Waals surface area contributed by atoms with E-state index in [0.717, 1.165) is 4.70 Å². The van der Waals surface area contributed by atoms with Crippen molar-refractivity contribution in [3.63, 3.8) is 0 Å². The molecule has 26 heavy (non-hydrogen) atoms. The molecule has 0 fully saturated rings. The number of rotatable bonds is 3. The van der Waals surface area contributed by atoms with Crippen LogP contribution in [0.3, 0.4) is 0 Å². The number of hydrogen-bond donors (Lipinski definition) is 1. The zero-order valence-electron chi connectivity index (χ0n) is 13.0. The molecular formula is C17H9N5O3S. The van der Waals surface area contributed by atoms with Gasteiger partial charge in [0.1, 0.15) is 6.07 Å². The minimum absolute atomic E-state index is 0.0518. The number of thiazole rings is 1. The summed E-state index contributed by atoms with van der Waals surface area (Å²) in [4.78, 5) is 27.9. The van der Waals surface area contributed by atoms with Gasteiger partial charge in [-0.1, -0.05) is 23.5 Å². The van der Waals surface area contributed by atoms with E-state index in [0.29, 0.717) is 16.2 Å². The number of fused-ring (bicyclic) bond motifs is 3. The molecule has 0 saturated heterocycles. The van der Waals surface area contributed by atoms with Crippen molar-refractivity contribution < 1.29 is 4.92 Å². The number of aromatic nitrogens is 2. The Labute approximate surface area is 149 Å². The van der Waals surface area contributed by atoms with E-state index < -0.39 is 10.5 Å². The van der Waals surface area contributed by atoms with E-state index in [9.17, 15) is 20.2 Å². The number of nitrogens with zero attached hydrogens (tertiary/aromatic N) is 4. The normalized spacial score (nSPS) is 10.7. The number of nitro benzene ring substituents is 1. The molecule has 0 aliphatic carbocycles. The fourth-order valence-electron chi connectivity index (χ4n) is 2.60. The summed E-state index contributed by atoms with van der Waals surface area (Å²) < 4.78 is 2.30. The highest BCUT2D eigenvalue weighted by Gasteiger charge is 2.16. The number of nitriles is 1. The molecule has 0 amide bonds. The predicted molar refractivity (Wildman–Crippen MR) is 97.9 cm³/mol. The highest BCUT2D eigenvalue weighted by molar-refractivity contribution is 7.23. The van der Waals surface area contributed by atoms with Crippen molar-refractivity contribution in [1.29, 1.82) is 5.26 Å². The quantitative estimate of drug-likeness (QED) is 0.441. The maximum atomic E-state index is 12.8. The second-order valence-electron chi connectivity index (χ2n) is 5.37. The van der Waals surface area contributed by atoms with Gasteiger partial charge >= 0.3 is 0 Å². The zero-order chi connectivity index (χ0) is 18.3. The van der Waals surface area contributed by atoms with Crippen LogP contribution in [-0.4, -0.2) is 14.3 Å². The number of non-ortho nitro benzene ring substituents is 1. The first-order valence-electron chi connectivity index (χ1n) is 7.44. The van der Waals surface area contributed by atoms with Gasteiger partial charge in [-0.15, -0.1) is 0 Å². The molecule has 2 heterocycles. The van der Waals surface area contributed by atoms with Crippen molar-refractivity contribution in [3.8, 4) is 6.07 Å². The number of nitro groups is 1. The Morgan fingerprint density at radius 3 is 2.62 bits per heavy atom. The predicted octanol–water partition coefficient (Wildman–Crippen LogP) is 3.43. The molecule has 0 aliphatic rings. The molecule has 126 valence electrons. The minimum Gasteiger partial charge on any atom is -0.339 e. The molecular weight excluding hydrogens is 354 g/mol. The van der Waals surface area contributed by atoms with Crippen molar-refractivity contribution in [2.75, 3.05) is 5.32 Å². The number of nitrogens with one attached hydrogen (secondary N) is 1. The molecule has 0 atom stereocenters. The third kappa shape index (κ3) is 2.45. The van der Waals surface area contributed by atoms with Gasteiger partial charge < -0.3 is 5.32 Å². The molecule has 4 aromatic rings. The highest BCUT2D eigenvalue weighted by atomic mass is 32.1. The standard InChI is InChI=1S/C17H9N5O3S/c18-9-12-15(19-10-5-7-11(8-6-10)22(24)25)20-17-21(16(12)23)13-3-1-2-4-14(13)26-17/h1-8,19H. The summed E-state index contributed by atoms with van der Waals surface area (Å²) in [5.41, 5.74) is 0.556. The van der Waals surface area contributed by atoms with Crippen molar-refractivity contribution in [2.24, 2.45) is 0 Å². The number of para-hydroxylation sites is 1. The van der Waals surface area contributed by atoms with E-state index in [1.807, 2.05) is 24.3 Å². The fraction of sp³-hybridized carbons (Fsp3) is 0. The van der Waals surface area contributed by atoms with Crippen LogP contribution < -0.4 is 10.9 Å². The van der Waals surface area contributed by atoms with Gasteiger partial charge in [-0.25, -0.2) is 9.38 Å². The summed E-state index contributed by atoms with van der Waals surface area (Å²) in [6, 6.07) is 14.9. The molecule has 0 unspecified atom stereocenters. The SMILES string of the molecule is N#Cc1c(Nc2ccc([N+](=O)[O-])cc2)nc2sc3ccccc3n2c1=O. The Morgan fingerprint density at radius 2 is 1.92 bits per heavy atom. The van der Waals surface area contributed by atoms with E-state index in [2.05, 4.69) is 10.3 Å². The monoisotopic (exact) mass is 363 g/mol. The molecule has 8 nitrogen and oxygen atoms in total. The van der Waals surface area contributed by atoms with Crippen LogP contribution in [-0.2, 0) is 0 Å². The lowest BCUT2D eigenvalue weighted by Gasteiger charge is -2.07. The first kappa shape index (κ1) is 15.7. The first-order chi connectivity index (χ1) is 12.6. The van der Waals surface area contributed by atoms with Crippen molar-refractivity contribution in [1.82, 2.24) is 9.38 Å². The van der Waals surface area contributed by atoms with Crippen LogP contribution in [0.15, 0.2) is 53.3 Å². The number of benzene rings is 2. The Morgan fingerprint density at radius 1 is 1.19 bits per heavy atom. The average molecular weight is 363 g/mol. The fourth-order valence-corrected chi connectivity index (χ4v) is 3.62. The first-order valence-corrected chi connectivity index (χ1v) is 8.26. The average Bonchev–Trinajstić information content (AvgIpc) is 3.01. The zero-order valence-corrected chi connectivity index (χ0v) is 13.9. The van der Waals surface area contributed by atoms with Crippen LogP contribution in [0, 0.1) is 21.4 Å². The van der Waals surface area contributed by atoms with Gasteiger partial charge in [-0.3, -0.25) is 14.9 Å². The minimum atomic E-state index is -0.502. The lowest BCUT2D eigenvalue weighted by atomic mass is 10.2. The largest absolute Gasteiger partial charge is 0.339 e. The smallest absolute Gasteiger partial charge is 0.279 e. The molecule has 1 N–H and O–H groups in total. The molecule has 2 aromatic heterocycles. The van der Waals surface area contributed by atoms with E-state index in [1.165, 1.54) is 40.0 Å². The number of hydrogen-bond acceptors (Lipinski definition) is 7. The lowest BCUT2D eigenvalue weighted by Crippen LogP contribution is -2.19. The van der Waals surface area contributed by atoms with Gasteiger partial charge in [-0.05, 0) is 24.3 Å². The second-order valence-corrected chi connectivity index (χ2v) is 6.38. The van der Waals surface area contributed by atoms with Gasteiger partial charge in [0.25, 0.3) is 11.2 Å². The van der Waals surface area contributed by atoms with Crippen LogP contribution in [0.25, 0.3) is 15.2 Å². The van der Waals surface area contributed by atoms with E-state index in [-0.39, 0.29) is 17.1 Å². The van der Waals surface area contributed by atoms with Crippen LogP contribution in [0.2, 0.25) is 0 Å². The Balaban J connectivity index is 1.87. The van der Waals surface area contributed by atoms with Crippen molar-refractivity contribution in [3.05, 3.63) is 74.6 Å². The van der Waals surface area contributed by atoms with Crippen molar-refractivity contribution in [2.45, 2.75) is 0 Å². The molecule has 0 radical (unpaired) electrons. The van der Waals surface area contributed by atoms with E-state index in [1.54, 1.807) is 6.07 Å². The van der Waals surface area contributed by atoms with Crippen LogP contribution in [0.1, 0.15) is 5.56 Å². The summed E-state index contributed by atoms with van der Waals surface area (Å²) in [6.45, 7) is 0. The van der Waals surface area contributed by atoms with Gasteiger partial charge in [-0.2, -0.15) is 5.26 Å². The molecule has 4 rings (SSSR count). The second kappa shape index (κ2) is 5.94. The van der Waals surface area contributed by atoms with Gasteiger partial charge in [0.15, 0.2) is 16.3 Å². The lowest BCUT2D eigenvalue weighted by molar-refractivity contribution is -0.384.